The van der Waals surface area contributed by atoms with Crippen LogP contribution < -0.4 is 16.0 Å². The van der Waals surface area contributed by atoms with Crippen molar-refractivity contribution in [3.05, 3.63) is 90.1 Å². The Morgan fingerprint density at radius 3 is 2.47 bits per heavy atom. The second kappa shape index (κ2) is 7.89. The number of nitriles is 1. The molecule has 6 nitrogen and oxygen atoms in total. The van der Waals surface area contributed by atoms with E-state index in [9.17, 15) is 5.26 Å². The van der Waals surface area contributed by atoms with E-state index in [-0.39, 0.29) is 0 Å². The van der Waals surface area contributed by atoms with Crippen LogP contribution in [0.5, 0.6) is 0 Å². The smallest absolute Gasteiger partial charge is 0.129 e. The van der Waals surface area contributed by atoms with Gasteiger partial charge >= 0.3 is 0 Å². The Bertz CT molecular complexity index is 1430. The van der Waals surface area contributed by atoms with E-state index in [1.165, 1.54) is 19.3 Å². The molecule has 7 rings (SSSR count). The fourth-order valence-electron chi connectivity index (χ4n) is 5.03. The van der Waals surface area contributed by atoms with E-state index >= 15 is 0 Å². The number of nitrogens with zero attached hydrogens (tertiary/aromatic N) is 2. The van der Waals surface area contributed by atoms with Crippen LogP contribution in [0.15, 0.2) is 79.0 Å². The number of hydrogen-bond donors (Lipinski definition) is 4. The Morgan fingerprint density at radius 1 is 0.941 bits per heavy atom. The van der Waals surface area contributed by atoms with Crippen LogP contribution in [0.4, 0.5) is 22.7 Å². The number of aromatic nitrogens is 1. The van der Waals surface area contributed by atoms with Crippen molar-refractivity contribution in [3.63, 3.8) is 0 Å². The fraction of sp³-hybridized carbons (Fsp3) is 0.179. The van der Waals surface area contributed by atoms with Crippen molar-refractivity contribution in [1.82, 2.24) is 4.98 Å². The molecule has 3 saturated carbocycles. The molecule has 3 aliphatic rings. The first kappa shape index (κ1) is 20.3. The van der Waals surface area contributed by atoms with Crippen LogP contribution in [-0.4, -0.2) is 16.4 Å². The van der Waals surface area contributed by atoms with Crippen LogP contribution in [0, 0.1) is 22.7 Å². The summed E-state index contributed by atoms with van der Waals surface area (Å²) in [5.41, 5.74) is 6.36. The van der Waals surface area contributed by atoms with Crippen molar-refractivity contribution in [1.29, 1.82) is 10.7 Å². The molecule has 1 heterocycles. The van der Waals surface area contributed by atoms with Gasteiger partial charge in [0.2, 0.25) is 0 Å². The highest BCUT2D eigenvalue weighted by molar-refractivity contribution is 6.06. The average Bonchev–Trinajstić information content (AvgIpc) is 2.81. The zero-order chi connectivity index (χ0) is 23.1. The van der Waals surface area contributed by atoms with E-state index < -0.39 is 0 Å². The van der Waals surface area contributed by atoms with Gasteiger partial charge in [0.1, 0.15) is 5.84 Å². The quantitative estimate of drug-likeness (QED) is 0.208. The van der Waals surface area contributed by atoms with Crippen molar-refractivity contribution in [2.24, 2.45) is 5.92 Å². The molecule has 0 radical (unpaired) electrons. The van der Waals surface area contributed by atoms with Crippen molar-refractivity contribution in [3.8, 4) is 6.07 Å². The molecule has 0 saturated heterocycles. The first-order chi connectivity index (χ1) is 16.6. The highest BCUT2D eigenvalue weighted by atomic mass is 15.1. The minimum atomic E-state index is 0.329. The van der Waals surface area contributed by atoms with Crippen LogP contribution in [0.2, 0.25) is 0 Å². The number of rotatable bonds is 6. The molecule has 4 aromatic rings. The Hall–Kier alpha value is -4.37. The molecule has 34 heavy (non-hydrogen) atoms. The monoisotopic (exact) mass is 444 g/mol. The first-order valence-corrected chi connectivity index (χ1v) is 11.5. The van der Waals surface area contributed by atoms with Crippen molar-refractivity contribution in [2.45, 2.75) is 24.8 Å². The molecular formula is C28H24N6. The highest BCUT2D eigenvalue weighted by Gasteiger charge is 2.56. The Labute approximate surface area is 198 Å². The van der Waals surface area contributed by atoms with Crippen LogP contribution in [0.25, 0.3) is 10.9 Å². The zero-order valence-electron chi connectivity index (χ0n) is 18.6. The molecular weight excluding hydrogens is 420 g/mol. The number of anilines is 4. The predicted octanol–water partition coefficient (Wildman–Crippen LogP) is 6.25. The summed E-state index contributed by atoms with van der Waals surface area (Å²) < 4.78 is 0. The van der Waals surface area contributed by atoms with Gasteiger partial charge in [-0.1, -0.05) is 6.07 Å². The molecule has 3 aromatic carbocycles. The van der Waals surface area contributed by atoms with E-state index in [4.69, 9.17) is 5.41 Å². The molecule has 0 atom stereocenters. The van der Waals surface area contributed by atoms with Gasteiger partial charge in [-0.15, -0.1) is 0 Å². The summed E-state index contributed by atoms with van der Waals surface area (Å²) in [5.74, 6) is 1.29. The van der Waals surface area contributed by atoms with Crippen molar-refractivity contribution >= 4 is 39.5 Å². The van der Waals surface area contributed by atoms with E-state index in [1.807, 2.05) is 54.6 Å². The second-order valence-electron chi connectivity index (χ2n) is 9.37. The number of nitrogens with one attached hydrogen (secondary N) is 4. The lowest BCUT2D eigenvalue weighted by atomic mass is 9.50. The lowest BCUT2D eigenvalue weighted by Crippen LogP contribution is -2.63. The summed E-state index contributed by atoms with van der Waals surface area (Å²) >= 11 is 0. The molecule has 166 valence electrons. The standard InChI is InChI=1S/C28H24N6/c29-17-18-4-9-25-24(12-18)26(10-11-31-25)32-21-7-5-20(6-8-21)27(30)33-22-2-1-3-23(13-22)34-28-14-19(15-28)16-28/h1-13,19,34H,14-16H2,(H2,30,33)(H,31,32). The number of benzene rings is 3. The zero-order valence-corrected chi connectivity index (χ0v) is 18.6. The van der Waals surface area contributed by atoms with E-state index in [2.05, 4.69) is 39.1 Å². The molecule has 0 spiro atoms. The molecule has 2 bridgehead atoms. The van der Waals surface area contributed by atoms with Crippen molar-refractivity contribution in [2.75, 3.05) is 16.0 Å². The van der Waals surface area contributed by atoms with Gasteiger partial charge in [-0.3, -0.25) is 10.4 Å². The SMILES string of the molecule is N#Cc1ccc2nccc(Nc3ccc(C(=N)Nc4cccc(NC56CC(C5)C6)c4)cc3)c2c1. The van der Waals surface area contributed by atoms with Crippen LogP contribution in [0.3, 0.4) is 0 Å². The minimum Gasteiger partial charge on any atom is -0.380 e. The number of fused-ring (bicyclic) bond motifs is 1. The van der Waals surface area contributed by atoms with Gasteiger partial charge in [-0.05, 0) is 91.9 Å². The lowest BCUT2D eigenvalue weighted by molar-refractivity contribution is 0.00214. The van der Waals surface area contributed by atoms with Crippen LogP contribution in [0.1, 0.15) is 30.4 Å². The van der Waals surface area contributed by atoms with Gasteiger partial charge < -0.3 is 16.0 Å². The largest absolute Gasteiger partial charge is 0.380 e. The molecule has 0 amide bonds. The van der Waals surface area contributed by atoms with E-state index in [1.54, 1.807) is 12.3 Å². The molecule has 0 aliphatic heterocycles. The maximum Gasteiger partial charge on any atom is 0.129 e. The molecule has 6 heteroatoms. The van der Waals surface area contributed by atoms with Gasteiger partial charge in [-0.25, -0.2) is 0 Å². The average molecular weight is 445 g/mol. The summed E-state index contributed by atoms with van der Waals surface area (Å²) in [6, 6.07) is 25.5. The van der Waals surface area contributed by atoms with Crippen LogP contribution in [-0.2, 0) is 0 Å². The molecule has 3 aliphatic carbocycles. The lowest BCUT2D eigenvalue weighted by Gasteiger charge is -2.62. The summed E-state index contributed by atoms with van der Waals surface area (Å²) in [7, 11) is 0. The third-order valence-corrected chi connectivity index (χ3v) is 6.90. The highest BCUT2D eigenvalue weighted by Crippen LogP contribution is 2.58. The summed E-state index contributed by atoms with van der Waals surface area (Å²) in [6.45, 7) is 0. The molecule has 3 fully saturated rings. The van der Waals surface area contributed by atoms with Crippen LogP contribution >= 0.6 is 0 Å². The van der Waals surface area contributed by atoms with Crippen molar-refractivity contribution < 1.29 is 0 Å². The molecule has 0 unspecified atom stereocenters. The first-order valence-electron chi connectivity index (χ1n) is 11.5. The molecule has 4 N–H and O–H groups in total. The number of pyridine rings is 1. The Balaban J connectivity index is 1.15. The number of hydrogen-bond acceptors (Lipinski definition) is 5. The summed E-state index contributed by atoms with van der Waals surface area (Å²) in [6.07, 6.45) is 5.61. The van der Waals surface area contributed by atoms with Gasteiger partial charge in [-0.2, -0.15) is 5.26 Å². The van der Waals surface area contributed by atoms with E-state index in [0.29, 0.717) is 16.9 Å². The summed E-state index contributed by atoms with van der Waals surface area (Å²) in [5, 5.41) is 29.0. The third-order valence-electron chi connectivity index (χ3n) is 6.90. The second-order valence-corrected chi connectivity index (χ2v) is 9.37. The topological polar surface area (TPSA) is 96.6 Å². The van der Waals surface area contributed by atoms with Gasteiger partial charge in [0.15, 0.2) is 0 Å². The predicted molar refractivity (Wildman–Crippen MR) is 137 cm³/mol. The normalized spacial score (nSPS) is 19.9. The van der Waals surface area contributed by atoms with E-state index in [0.717, 1.165) is 45.1 Å². The van der Waals surface area contributed by atoms with Gasteiger partial charge in [0.25, 0.3) is 0 Å². The third kappa shape index (κ3) is 3.71. The molecule has 1 aromatic heterocycles. The van der Waals surface area contributed by atoms with Gasteiger partial charge in [0.05, 0.1) is 17.1 Å². The Kier molecular flexibility index (Phi) is 4.70. The Morgan fingerprint density at radius 2 is 1.74 bits per heavy atom. The van der Waals surface area contributed by atoms with Gasteiger partial charge in [0, 0.05) is 45.4 Å². The maximum atomic E-state index is 9.23. The number of amidine groups is 1. The minimum absolute atomic E-state index is 0.329. The summed E-state index contributed by atoms with van der Waals surface area (Å²) in [4.78, 5) is 4.38. The maximum absolute atomic E-state index is 9.23. The fourth-order valence-corrected chi connectivity index (χ4v) is 5.03.